The van der Waals surface area contributed by atoms with Crippen molar-refractivity contribution in [3.05, 3.63) is 41.7 Å². The van der Waals surface area contributed by atoms with Crippen molar-refractivity contribution in [2.45, 2.75) is 57.4 Å². The molecule has 0 radical (unpaired) electrons. The molecular weight excluding hydrogens is 278 g/mol. The number of anilines is 1. The highest BCUT2D eigenvalue weighted by Crippen LogP contribution is 2.45. The summed E-state index contributed by atoms with van der Waals surface area (Å²) in [7, 11) is 0. The zero-order chi connectivity index (χ0) is 14.9. The quantitative estimate of drug-likeness (QED) is 0.899. The van der Waals surface area contributed by atoms with Gasteiger partial charge in [-0.05, 0) is 39.2 Å². The Morgan fingerprint density at radius 1 is 1.10 bits per heavy atom. The molecule has 21 heavy (non-hydrogen) atoms. The lowest BCUT2D eigenvalue weighted by atomic mass is 9.78. The molecular formula is C17H23N3S. The van der Waals surface area contributed by atoms with E-state index in [2.05, 4.69) is 56.4 Å². The summed E-state index contributed by atoms with van der Waals surface area (Å²) in [6, 6.07) is 10.8. The lowest BCUT2D eigenvalue weighted by Crippen LogP contribution is -2.27. The van der Waals surface area contributed by atoms with Crippen molar-refractivity contribution in [2.75, 3.05) is 5.32 Å². The first-order chi connectivity index (χ1) is 10.00. The van der Waals surface area contributed by atoms with Crippen molar-refractivity contribution >= 4 is 16.7 Å². The van der Waals surface area contributed by atoms with Crippen LogP contribution in [0.25, 0.3) is 0 Å². The van der Waals surface area contributed by atoms with E-state index in [-0.39, 0.29) is 11.0 Å². The van der Waals surface area contributed by atoms with E-state index in [1.165, 1.54) is 29.9 Å². The van der Waals surface area contributed by atoms with E-state index in [9.17, 15) is 0 Å². The van der Waals surface area contributed by atoms with Gasteiger partial charge in [-0.15, -0.1) is 0 Å². The molecule has 1 N–H and O–H groups in total. The number of rotatable bonds is 3. The monoisotopic (exact) mass is 301 g/mol. The molecule has 0 saturated heterocycles. The minimum Gasteiger partial charge on any atom is -0.356 e. The van der Waals surface area contributed by atoms with Crippen LogP contribution in [0.15, 0.2) is 30.3 Å². The smallest absolute Gasteiger partial charge is 0.203 e. The second-order valence-corrected chi connectivity index (χ2v) is 7.71. The molecule has 0 amide bonds. The van der Waals surface area contributed by atoms with Crippen LogP contribution < -0.4 is 5.32 Å². The van der Waals surface area contributed by atoms with Gasteiger partial charge in [0.05, 0.1) is 5.41 Å². The van der Waals surface area contributed by atoms with Gasteiger partial charge in [0.25, 0.3) is 0 Å². The second kappa shape index (κ2) is 5.41. The number of hydrogen-bond donors (Lipinski definition) is 1. The third-order valence-corrected chi connectivity index (χ3v) is 4.75. The molecule has 0 bridgehead atoms. The van der Waals surface area contributed by atoms with Crippen LogP contribution in [0.1, 0.15) is 57.8 Å². The predicted molar refractivity (Wildman–Crippen MR) is 89.0 cm³/mol. The first-order valence-corrected chi connectivity index (χ1v) is 8.45. The fraction of sp³-hybridized carbons (Fsp3) is 0.529. The summed E-state index contributed by atoms with van der Waals surface area (Å²) in [5.74, 6) is 1.00. The molecule has 2 aromatic rings. The maximum Gasteiger partial charge on any atom is 0.203 e. The van der Waals surface area contributed by atoms with Crippen LogP contribution in [-0.2, 0) is 5.41 Å². The van der Waals surface area contributed by atoms with Gasteiger partial charge >= 0.3 is 0 Å². The number of nitrogens with one attached hydrogen (secondary N) is 1. The molecule has 0 unspecified atom stereocenters. The second-order valence-electron chi connectivity index (χ2n) is 6.95. The van der Waals surface area contributed by atoms with Gasteiger partial charge in [0, 0.05) is 17.1 Å². The number of aromatic nitrogens is 2. The first-order valence-electron chi connectivity index (χ1n) is 7.68. The lowest BCUT2D eigenvalue weighted by Gasteiger charge is -2.26. The molecule has 1 aliphatic carbocycles. The Hall–Kier alpha value is -1.42. The molecule has 1 aliphatic rings. The highest BCUT2D eigenvalue weighted by molar-refractivity contribution is 7.09. The predicted octanol–water partition coefficient (Wildman–Crippen LogP) is 4.61. The molecule has 0 aliphatic heterocycles. The molecule has 1 aromatic carbocycles. The number of nitrogens with zero attached hydrogens (tertiary/aromatic N) is 2. The van der Waals surface area contributed by atoms with Crippen LogP contribution in [0.3, 0.4) is 0 Å². The van der Waals surface area contributed by atoms with Gasteiger partial charge in [-0.2, -0.15) is 4.37 Å². The Kier molecular flexibility index (Phi) is 3.74. The summed E-state index contributed by atoms with van der Waals surface area (Å²) >= 11 is 1.48. The van der Waals surface area contributed by atoms with Crippen molar-refractivity contribution in [3.8, 4) is 0 Å². The maximum atomic E-state index is 4.82. The molecule has 1 fully saturated rings. The van der Waals surface area contributed by atoms with Gasteiger partial charge in [-0.1, -0.05) is 43.2 Å². The fourth-order valence-corrected chi connectivity index (χ4v) is 4.03. The van der Waals surface area contributed by atoms with E-state index >= 15 is 0 Å². The summed E-state index contributed by atoms with van der Waals surface area (Å²) in [4.78, 5) is 4.82. The summed E-state index contributed by atoms with van der Waals surface area (Å²) in [6.07, 6.45) is 4.83. The van der Waals surface area contributed by atoms with Crippen molar-refractivity contribution in [1.29, 1.82) is 0 Å². The van der Waals surface area contributed by atoms with E-state index in [1.54, 1.807) is 0 Å². The lowest BCUT2D eigenvalue weighted by molar-refractivity contribution is 0.506. The van der Waals surface area contributed by atoms with Crippen LogP contribution in [0.5, 0.6) is 0 Å². The number of hydrogen-bond acceptors (Lipinski definition) is 4. The van der Waals surface area contributed by atoms with Gasteiger partial charge in [-0.25, -0.2) is 4.98 Å². The normalized spacial score (nSPS) is 17.9. The van der Waals surface area contributed by atoms with E-state index in [4.69, 9.17) is 9.36 Å². The van der Waals surface area contributed by atoms with Gasteiger partial charge in [0.2, 0.25) is 5.13 Å². The topological polar surface area (TPSA) is 37.8 Å². The molecule has 4 heteroatoms. The van der Waals surface area contributed by atoms with E-state index in [0.717, 1.165) is 23.8 Å². The molecule has 0 atom stereocenters. The highest BCUT2D eigenvalue weighted by atomic mass is 32.1. The van der Waals surface area contributed by atoms with Crippen LogP contribution in [-0.4, -0.2) is 14.9 Å². The van der Waals surface area contributed by atoms with E-state index in [0.29, 0.717) is 0 Å². The third kappa shape index (κ3) is 2.95. The summed E-state index contributed by atoms with van der Waals surface area (Å²) < 4.78 is 4.70. The Bertz CT molecular complexity index is 592. The van der Waals surface area contributed by atoms with E-state index < -0.39 is 0 Å². The zero-order valence-corrected chi connectivity index (χ0v) is 13.8. The Morgan fingerprint density at radius 3 is 2.38 bits per heavy atom. The summed E-state index contributed by atoms with van der Waals surface area (Å²) in [5, 5.41) is 4.37. The highest BCUT2D eigenvalue weighted by Gasteiger charge is 2.40. The first kappa shape index (κ1) is 14.5. The Labute approximate surface area is 131 Å². The summed E-state index contributed by atoms with van der Waals surface area (Å²) in [6.45, 7) is 6.45. The molecule has 1 heterocycles. The number of benzene rings is 1. The van der Waals surface area contributed by atoms with Crippen molar-refractivity contribution in [2.24, 2.45) is 0 Å². The SMILES string of the molecule is CC(C)(C)Nc1nc(C2(c3ccccc3)CCCC2)ns1. The maximum absolute atomic E-state index is 4.82. The van der Waals surface area contributed by atoms with Crippen molar-refractivity contribution in [1.82, 2.24) is 9.36 Å². The van der Waals surface area contributed by atoms with Crippen LogP contribution in [0.4, 0.5) is 5.13 Å². The van der Waals surface area contributed by atoms with Gasteiger partial charge in [0.15, 0.2) is 5.82 Å². The molecule has 0 spiro atoms. The van der Waals surface area contributed by atoms with Gasteiger partial charge < -0.3 is 5.32 Å². The standard InChI is InChI=1S/C17H23N3S/c1-16(2,3)19-15-18-14(20-21-15)17(11-7-8-12-17)13-9-5-4-6-10-13/h4-6,9-10H,7-8,11-12H2,1-3H3,(H,18,19,20). The van der Waals surface area contributed by atoms with Crippen molar-refractivity contribution in [3.63, 3.8) is 0 Å². The third-order valence-electron chi connectivity index (χ3n) is 4.12. The fourth-order valence-electron chi connectivity index (χ4n) is 3.17. The molecule has 112 valence electrons. The van der Waals surface area contributed by atoms with Crippen molar-refractivity contribution < 1.29 is 0 Å². The molecule has 1 aromatic heterocycles. The van der Waals surface area contributed by atoms with Gasteiger partial charge in [0.1, 0.15) is 0 Å². The molecule has 3 nitrogen and oxygen atoms in total. The Morgan fingerprint density at radius 2 is 1.76 bits per heavy atom. The minimum atomic E-state index is 0.0202. The van der Waals surface area contributed by atoms with E-state index in [1.807, 2.05) is 0 Å². The molecule has 1 saturated carbocycles. The summed E-state index contributed by atoms with van der Waals surface area (Å²) in [5.41, 5.74) is 1.41. The Balaban J connectivity index is 1.96. The van der Waals surface area contributed by atoms with Crippen LogP contribution in [0, 0.1) is 0 Å². The molecule has 3 rings (SSSR count). The van der Waals surface area contributed by atoms with Crippen LogP contribution in [0.2, 0.25) is 0 Å². The van der Waals surface area contributed by atoms with Crippen LogP contribution >= 0.6 is 11.5 Å². The minimum absolute atomic E-state index is 0.0202. The average Bonchev–Trinajstić information content (AvgIpc) is 3.07. The largest absolute Gasteiger partial charge is 0.356 e. The van der Waals surface area contributed by atoms with Gasteiger partial charge in [-0.3, -0.25) is 0 Å². The zero-order valence-electron chi connectivity index (χ0n) is 13.0. The average molecular weight is 301 g/mol.